The lowest BCUT2D eigenvalue weighted by atomic mass is 9.96. The van der Waals surface area contributed by atoms with Gasteiger partial charge in [0, 0.05) is 0 Å². The molecule has 0 saturated carbocycles. The number of ether oxygens (including phenoxy) is 2. The van der Waals surface area contributed by atoms with Crippen molar-refractivity contribution < 1.29 is 14.3 Å². The van der Waals surface area contributed by atoms with Crippen LogP contribution in [0.25, 0.3) is 0 Å². The van der Waals surface area contributed by atoms with E-state index in [1.807, 2.05) is 69.3 Å². The molecule has 2 aromatic rings. The summed E-state index contributed by atoms with van der Waals surface area (Å²) >= 11 is 0. The maximum absolute atomic E-state index is 11.7. The quantitative estimate of drug-likeness (QED) is 0.699. The van der Waals surface area contributed by atoms with E-state index in [9.17, 15) is 4.79 Å². The molecular formula is C20H24O3. The molecule has 122 valence electrons. The SMILES string of the molecule is CCOC(=O)CC(C)c1ccc(C)cc1OCc1ccccc1. The number of carbonyl (C=O) groups excluding carboxylic acids is 1. The van der Waals surface area contributed by atoms with Gasteiger partial charge < -0.3 is 9.47 Å². The first kappa shape index (κ1) is 17.1. The molecule has 3 nitrogen and oxygen atoms in total. The first-order chi connectivity index (χ1) is 11.1. The van der Waals surface area contributed by atoms with Crippen LogP contribution in [0.3, 0.4) is 0 Å². The van der Waals surface area contributed by atoms with Crippen LogP contribution < -0.4 is 4.74 Å². The van der Waals surface area contributed by atoms with Crippen molar-refractivity contribution in [2.24, 2.45) is 0 Å². The highest BCUT2D eigenvalue weighted by Gasteiger charge is 2.16. The van der Waals surface area contributed by atoms with Crippen molar-refractivity contribution in [3.8, 4) is 5.75 Å². The minimum Gasteiger partial charge on any atom is -0.489 e. The summed E-state index contributed by atoms with van der Waals surface area (Å²) in [5.41, 5.74) is 3.30. The largest absolute Gasteiger partial charge is 0.489 e. The highest BCUT2D eigenvalue weighted by atomic mass is 16.5. The van der Waals surface area contributed by atoms with E-state index in [0.29, 0.717) is 19.6 Å². The summed E-state index contributed by atoms with van der Waals surface area (Å²) in [6.45, 7) is 6.81. The third-order valence-electron chi connectivity index (χ3n) is 3.72. The molecule has 0 amide bonds. The van der Waals surface area contributed by atoms with Gasteiger partial charge in [-0.3, -0.25) is 4.79 Å². The monoisotopic (exact) mass is 312 g/mol. The molecule has 0 aliphatic heterocycles. The van der Waals surface area contributed by atoms with Crippen LogP contribution in [-0.4, -0.2) is 12.6 Å². The second-order valence-electron chi connectivity index (χ2n) is 5.73. The Labute approximate surface area is 138 Å². The summed E-state index contributed by atoms with van der Waals surface area (Å²) in [5.74, 6) is 0.723. The van der Waals surface area contributed by atoms with Crippen LogP contribution in [0.4, 0.5) is 0 Å². The van der Waals surface area contributed by atoms with Gasteiger partial charge in [-0.15, -0.1) is 0 Å². The fraction of sp³-hybridized carbons (Fsp3) is 0.350. The highest BCUT2D eigenvalue weighted by Crippen LogP contribution is 2.30. The van der Waals surface area contributed by atoms with Crippen molar-refractivity contribution in [3.63, 3.8) is 0 Å². The summed E-state index contributed by atoms with van der Waals surface area (Å²) in [6.07, 6.45) is 0.360. The number of hydrogen-bond donors (Lipinski definition) is 0. The van der Waals surface area contributed by atoms with E-state index >= 15 is 0 Å². The summed E-state index contributed by atoms with van der Waals surface area (Å²) in [4.78, 5) is 11.7. The van der Waals surface area contributed by atoms with Gasteiger partial charge in [0.15, 0.2) is 0 Å². The molecule has 1 unspecified atom stereocenters. The van der Waals surface area contributed by atoms with E-state index in [1.54, 1.807) is 0 Å². The molecule has 0 heterocycles. The Hall–Kier alpha value is -2.29. The summed E-state index contributed by atoms with van der Waals surface area (Å²) < 4.78 is 11.1. The topological polar surface area (TPSA) is 35.5 Å². The molecule has 0 aromatic heterocycles. The van der Waals surface area contributed by atoms with Crippen molar-refractivity contribution in [2.45, 2.75) is 39.7 Å². The lowest BCUT2D eigenvalue weighted by molar-refractivity contribution is -0.143. The average Bonchev–Trinajstić information content (AvgIpc) is 2.54. The zero-order chi connectivity index (χ0) is 16.7. The molecule has 0 bridgehead atoms. The van der Waals surface area contributed by atoms with Gasteiger partial charge in [0.2, 0.25) is 0 Å². The van der Waals surface area contributed by atoms with Crippen LogP contribution in [-0.2, 0) is 16.1 Å². The lowest BCUT2D eigenvalue weighted by Crippen LogP contribution is -2.09. The van der Waals surface area contributed by atoms with E-state index in [2.05, 4.69) is 0 Å². The minimum absolute atomic E-state index is 0.0559. The molecular weight excluding hydrogens is 288 g/mol. The van der Waals surface area contributed by atoms with Crippen molar-refractivity contribution >= 4 is 5.97 Å². The van der Waals surface area contributed by atoms with Crippen LogP contribution in [0, 0.1) is 6.92 Å². The molecule has 0 aliphatic rings. The summed E-state index contributed by atoms with van der Waals surface area (Å²) in [5, 5.41) is 0. The third kappa shape index (κ3) is 5.13. The van der Waals surface area contributed by atoms with Crippen LogP contribution in [0.1, 0.15) is 42.9 Å². The van der Waals surface area contributed by atoms with E-state index in [4.69, 9.17) is 9.47 Å². The van der Waals surface area contributed by atoms with Gasteiger partial charge in [-0.05, 0) is 42.5 Å². The Morgan fingerprint density at radius 1 is 1.13 bits per heavy atom. The van der Waals surface area contributed by atoms with E-state index in [-0.39, 0.29) is 11.9 Å². The van der Waals surface area contributed by atoms with Gasteiger partial charge in [0.25, 0.3) is 0 Å². The molecule has 0 spiro atoms. The Morgan fingerprint density at radius 3 is 2.57 bits per heavy atom. The van der Waals surface area contributed by atoms with Gasteiger partial charge in [-0.1, -0.05) is 49.4 Å². The molecule has 23 heavy (non-hydrogen) atoms. The van der Waals surface area contributed by atoms with E-state index < -0.39 is 0 Å². The number of esters is 1. The fourth-order valence-electron chi connectivity index (χ4n) is 2.49. The summed E-state index contributed by atoms with van der Waals surface area (Å²) in [7, 11) is 0. The van der Waals surface area contributed by atoms with Crippen LogP contribution >= 0.6 is 0 Å². The molecule has 0 fully saturated rings. The number of benzene rings is 2. The number of carbonyl (C=O) groups is 1. The Kier molecular flexibility index (Phi) is 6.21. The van der Waals surface area contributed by atoms with E-state index in [1.165, 1.54) is 0 Å². The van der Waals surface area contributed by atoms with Crippen molar-refractivity contribution in [3.05, 3.63) is 65.2 Å². The average molecular weight is 312 g/mol. The maximum Gasteiger partial charge on any atom is 0.306 e. The minimum atomic E-state index is -0.172. The van der Waals surface area contributed by atoms with Crippen molar-refractivity contribution in [1.82, 2.24) is 0 Å². The van der Waals surface area contributed by atoms with Crippen LogP contribution in [0.15, 0.2) is 48.5 Å². The molecule has 2 rings (SSSR count). The van der Waals surface area contributed by atoms with Gasteiger partial charge in [0.1, 0.15) is 12.4 Å². The first-order valence-corrected chi connectivity index (χ1v) is 8.03. The van der Waals surface area contributed by atoms with Gasteiger partial charge in [0.05, 0.1) is 13.0 Å². The van der Waals surface area contributed by atoms with Gasteiger partial charge in [-0.2, -0.15) is 0 Å². The Morgan fingerprint density at radius 2 is 1.87 bits per heavy atom. The fourth-order valence-corrected chi connectivity index (χ4v) is 2.49. The highest BCUT2D eigenvalue weighted by molar-refractivity contribution is 5.70. The van der Waals surface area contributed by atoms with Gasteiger partial charge >= 0.3 is 5.97 Å². The molecule has 0 aliphatic carbocycles. The van der Waals surface area contributed by atoms with Gasteiger partial charge in [-0.25, -0.2) is 0 Å². The summed E-state index contributed by atoms with van der Waals surface area (Å²) in [6, 6.07) is 16.2. The molecule has 1 atom stereocenters. The number of aryl methyl sites for hydroxylation is 1. The second kappa shape index (κ2) is 8.37. The third-order valence-corrected chi connectivity index (χ3v) is 3.72. The normalized spacial score (nSPS) is 11.8. The lowest BCUT2D eigenvalue weighted by Gasteiger charge is -2.17. The first-order valence-electron chi connectivity index (χ1n) is 8.03. The molecule has 0 N–H and O–H groups in total. The second-order valence-corrected chi connectivity index (χ2v) is 5.73. The van der Waals surface area contributed by atoms with Crippen LogP contribution in [0.2, 0.25) is 0 Å². The molecule has 3 heteroatoms. The molecule has 0 saturated heterocycles. The predicted octanol–water partition coefficient (Wildman–Crippen LogP) is 4.63. The smallest absolute Gasteiger partial charge is 0.306 e. The molecule has 0 radical (unpaired) electrons. The predicted molar refractivity (Wildman–Crippen MR) is 91.6 cm³/mol. The maximum atomic E-state index is 11.7. The van der Waals surface area contributed by atoms with E-state index in [0.717, 1.165) is 22.4 Å². The zero-order valence-corrected chi connectivity index (χ0v) is 14.0. The number of rotatable bonds is 7. The molecule has 2 aromatic carbocycles. The Bertz CT molecular complexity index is 635. The van der Waals surface area contributed by atoms with Crippen LogP contribution in [0.5, 0.6) is 5.75 Å². The Balaban J connectivity index is 2.11. The van der Waals surface area contributed by atoms with Crippen molar-refractivity contribution in [1.29, 1.82) is 0 Å². The number of hydrogen-bond acceptors (Lipinski definition) is 3. The van der Waals surface area contributed by atoms with Crippen molar-refractivity contribution in [2.75, 3.05) is 6.61 Å². The zero-order valence-electron chi connectivity index (χ0n) is 14.0. The standard InChI is InChI=1S/C20H24O3/c1-4-22-20(21)13-16(3)18-11-10-15(2)12-19(18)23-14-17-8-6-5-7-9-17/h5-12,16H,4,13-14H2,1-3H3.